The molecule has 0 N–H and O–H groups in total. The molecule has 0 aromatic rings. The van der Waals surface area contributed by atoms with Crippen molar-refractivity contribution in [3.05, 3.63) is 0 Å². The molecule has 0 bridgehead atoms. The minimum atomic E-state index is 0.495. The zero-order valence-electron chi connectivity index (χ0n) is 5.18. The molecule has 1 unspecified atom stereocenters. The molecule has 0 heterocycles. The van der Waals surface area contributed by atoms with Crippen LogP contribution in [0.4, 0.5) is 0 Å². The van der Waals surface area contributed by atoms with Crippen molar-refractivity contribution in [1.82, 2.24) is 4.90 Å². The Morgan fingerprint density at radius 2 is 2.00 bits per heavy atom. The van der Waals surface area contributed by atoms with E-state index >= 15 is 0 Å². The average molecular weight is 119 g/mol. The van der Waals surface area contributed by atoms with Gasteiger partial charge < -0.3 is 4.90 Å². The fraction of sp³-hybridized carbons (Fsp3) is 1.00. The third-order valence-corrected chi connectivity index (χ3v) is 0.793. The van der Waals surface area contributed by atoms with Crippen molar-refractivity contribution in [3.63, 3.8) is 0 Å². The highest BCUT2D eigenvalue weighted by Gasteiger charge is 1.93. The molecular weight excluding hydrogens is 106 g/mol. The smallest absolute Gasteiger partial charge is 0.0116 e. The maximum Gasteiger partial charge on any atom is 0.0116 e. The second kappa shape index (κ2) is 3.33. The Bertz CT molecular complexity index is 37.3. The van der Waals surface area contributed by atoms with E-state index in [9.17, 15) is 0 Å². The van der Waals surface area contributed by atoms with Gasteiger partial charge in [-0.25, -0.2) is 0 Å². The zero-order valence-corrected chi connectivity index (χ0v) is 6.07. The Labute approximate surface area is 51.1 Å². The van der Waals surface area contributed by atoms with Crippen LogP contribution >= 0.6 is 12.6 Å². The van der Waals surface area contributed by atoms with Gasteiger partial charge in [-0.3, -0.25) is 0 Å². The highest BCUT2D eigenvalue weighted by molar-refractivity contribution is 7.80. The molecule has 0 aliphatic heterocycles. The molecule has 1 atom stereocenters. The van der Waals surface area contributed by atoms with Crippen molar-refractivity contribution >= 4 is 12.6 Å². The molecule has 0 aromatic carbocycles. The predicted octanol–water partition coefficient (Wildman–Crippen LogP) is 0.866. The fourth-order valence-electron chi connectivity index (χ4n) is 0.528. The number of nitrogens with zero attached hydrogens (tertiary/aromatic N) is 1. The zero-order chi connectivity index (χ0) is 5.86. The van der Waals surface area contributed by atoms with Crippen molar-refractivity contribution in [3.8, 4) is 0 Å². The Morgan fingerprint density at radius 3 is 2.00 bits per heavy atom. The lowest BCUT2D eigenvalue weighted by Crippen LogP contribution is -2.19. The first-order valence-electron chi connectivity index (χ1n) is 2.45. The molecule has 0 fully saturated rings. The predicted molar refractivity (Wildman–Crippen MR) is 37.0 cm³/mol. The van der Waals surface area contributed by atoms with Crippen LogP contribution in [-0.4, -0.2) is 30.8 Å². The van der Waals surface area contributed by atoms with Crippen LogP contribution in [0.1, 0.15) is 6.92 Å². The molecule has 1 nitrogen and oxygen atoms in total. The van der Waals surface area contributed by atoms with E-state index in [4.69, 9.17) is 0 Å². The third-order valence-electron chi connectivity index (χ3n) is 0.629. The molecule has 2 heteroatoms. The monoisotopic (exact) mass is 119 g/mol. The van der Waals surface area contributed by atoms with Crippen molar-refractivity contribution < 1.29 is 0 Å². The van der Waals surface area contributed by atoms with Gasteiger partial charge in [-0.1, -0.05) is 6.92 Å². The number of thiol groups is 1. The van der Waals surface area contributed by atoms with Crippen LogP contribution in [-0.2, 0) is 0 Å². The number of rotatable bonds is 2. The van der Waals surface area contributed by atoms with Crippen LogP contribution in [0.15, 0.2) is 0 Å². The fourth-order valence-corrected chi connectivity index (χ4v) is 0.855. The normalized spacial score (nSPS) is 15.0. The Hall–Kier alpha value is 0.310. The first-order valence-corrected chi connectivity index (χ1v) is 2.97. The van der Waals surface area contributed by atoms with Gasteiger partial charge >= 0.3 is 0 Å². The summed E-state index contributed by atoms with van der Waals surface area (Å²) < 4.78 is 0. The van der Waals surface area contributed by atoms with Crippen LogP contribution in [0.5, 0.6) is 0 Å². The van der Waals surface area contributed by atoms with Crippen LogP contribution in [0, 0.1) is 0 Å². The van der Waals surface area contributed by atoms with Gasteiger partial charge in [0, 0.05) is 11.8 Å². The summed E-state index contributed by atoms with van der Waals surface area (Å²) in [6.07, 6.45) is 0. The van der Waals surface area contributed by atoms with E-state index in [2.05, 4.69) is 24.5 Å². The van der Waals surface area contributed by atoms with E-state index in [0.717, 1.165) is 6.54 Å². The van der Waals surface area contributed by atoms with Crippen LogP contribution in [0.3, 0.4) is 0 Å². The summed E-state index contributed by atoms with van der Waals surface area (Å²) in [6.45, 7) is 3.15. The van der Waals surface area contributed by atoms with Crippen LogP contribution in [0.2, 0.25) is 0 Å². The quantitative estimate of drug-likeness (QED) is 0.528. The van der Waals surface area contributed by atoms with Gasteiger partial charge in [0.1, 0.15) is 0 Å². The van der Waals surface area contributed by atoms with E-state index in [1.54, 1.807) is 0 Å². The van der Waals surface area contributed by atoms with E-state index in [0.29, 0.717) is 5.25 Å². The first-order chi connectivity index (χ1) is 3.13. The summed E-state index contributed by atoms with van der Waals surface area (Å²) in [4.78, 5) is 2.12. The van der Waals surface area contributed by atoms with Crippen molar-refractivity contribution in [2.45, 2.75) is 12.2 Å². The van der Waals surface area contributed by atoms with Crippen molar-refractivity contribution in [2.24, 2.45) is 0 Å². The summed E-state index contributed by atoms with van der Waals surface area (Å²) in [7, 11) is 4.10. The minimum Gasteiger partial charge on any atom is -0.308 e. The molecule has 0 rings (SSSR count). The topological polar surface area (TPSA) is 3.24 Å². The van der Waals surface area contributed by atoms with Crippen molar-refractivity contribution in [1.29, 1.82) is 0 Å². The van der Waals surface area contributed by atoms with Crippen molar-refractivity contribution in [2.75, 3.05) is 20.6 Å². The van der Waals surface area contributed by atoms with E-state index in [1.807, 2.05) is 14.1 Å². The van der Waals surface area contributed by atoms with Crippen LogP contribution < -0.4 is 0 Å². The molecule has 7 heavy (non-hydrogen) atoms. The van der Waals surface area contributed by atoms with E-state index < -0.39 is 0 Å². The summed E-state index contributed by atoms with van der Waals surface area (Å²) in [5.41, 5.74) is 0. The average Bonchev–Trinajstić information content (AvgIpc) is 1.27. The molecule has 0 radical (unpaired) electrons. The summed E-state index contributed by atoms with van der Waals surface area (Å²) in [6, 6.07) is 0. The molecule has 44 valence electrons. The Kier molecular flexibility index (Phi) is 3.48. The Morgan fingerprint density at radius 1 is 1.57 bits per heavy atom. The third kappa shape index (κ3) is 6.31. The Balaban J connectivity index is 2.95. The molecule has 0 aliphatic rings. The molecule has 0 saturated heterocycles. The molecule has 0 saturated carbocycles. The lowest BCUT2D eigenvalue weighted by molar-refractivity contribution is 0.414. The molecular formula is C5H13NS. The molecule has 0 aliphatic carbocycles. The largest absolute Gasteiger partial charge is 0.308 e. The summed E-state index contributed by atoms with van der Waals surface area (Å²) in [5, 5.41) is 0.495. The number of hydrogen-bond donors (Lipinski definition) is 1. The number of hydrogen-bond acceptors (Lipinski definition) is 2. The van der Waals surface area contributed by atoms with E-state index in [-0.39, 0.29) is 0 Å². The lowest BCUT2D eigenvalue weighted by Gasteiger charge is -2.10. The highest BCUT2D eigenvalue weighted by atomic mass is 32.1. The van der Waals surface area contributed by atoms with Gasteiger partial charge in [0.05, 0.1) is 0 Å². The van der Waals surface area contributed by atoms with Gasteiger partial charge in [-0.05, 0) is 14.1 Å². The summed E-state index contributed by atoms with van der Waals surface area (Å²) >= 11 is 4.20. The van der Waals surface area contributed by atoms with Crippen LogP contribution in [0.25, 0.3) is 0 Å². The summed E-state index contributed by atoms with van der Waals surface area (Å²) in [5.74, 6) is 0. The lowest BCUT2D eigenvalue weighted by atomic mass is 10.4. The second-order valence-electron chi connectivity index (χ2n) is 2.11. The van der Waals surface area contributed by atoms with Gasteiger partial charge in [0.15, 0.2) is 0 Å². The minimum absolute atomic E-state index is 0.495. The first kappa shape index (κ1) is 7.31. The molecule has 0 aromatic heterocycles. The van der Waals surface area contributed by atoms with Gasteiger partial charge in [0.2, 0.25) is 0 Å². The van der Waals surface area contributed by atoms with Gasteiger partial charge in [0.25, 0.3) is 0 Å². The SMILES string of the molecule is CC(S)CN(C)C. The standard InChI is InChI=1S/C5H13NS/c1-5(7)4-6(2)3/h5,7H,4H2,1-3H3. The highest BCUT2D eigenvalue weighted by Crippen LogP contribution is 1.91. The molecule has 0 amide bonds. The second-order valence-corrected chi connectivity index (χ2v) is 2.99. The maximum absolute atomic E-state index is 4.20. The van der Waals surface area contributed by atoms with E-state index in [1.165, 1.54) is 0 Å². The molecule has 0 spiro atoms. The van der Waals surface area contributed by atoms with Gasteiger partial charge in [-0.2, -0.15) is 12.6 Å². The maximum atomic E-state index is 4.20. The van der Waals surface area contributed by atoms with Gasteiger partial charge in [-0.15, -0.1) is 0 Å².